The molecule has 164 valence electrons. The lowest BCUT2D eigenvalue weighted by molar-refractivity contribution is -0.126. The molecule has 2 aromatic heterocycles. The van der Waals surface area contributed by atoms with E-state index in [-0.39, 0.29) is 11.8 Å². The lowest BCUT2D eigenvalue weighted by Crippen LogP contribution is -2.64. The monoisotopic (exact) mass is 443 g/mol. The second kappa shape index (κ2) is 8.24. The summed E-state index contributed by atoms with van der Waals surface area (Å²) in [5.41, 5.74) is -0.0467. The summed E-state index contributed by atoms with van der Waals surface area (Å²) >= 11 is 1.56. The van der Waals surface area contributed by atoms with Gasteiger partial charge < -0.3 is 24.1 Å². The number of carbonyl (C=O) groups excluding carboxylic acids is 2. The van der Waals surface area contributed by atoms with Crippen molar-refractivity contribution in [3.63, 3.8) is 0 Å². The van der Waals surface area contributed by atoms with Gasteiger partial charge in [0.15, 0.2) is 11.5 Å². The zero-order valence-electron chi connectivity index (χ0n) is 17.9. The van der Waals surface area contributed by atoms with Crippen LogP contribution in [0.25, 0.3) is 10.2 Å². The number of thiophene rings is 1. The Morgan fingerprint density at radius 1 is 1.16 bits per heavy atom. The van der Waals surface area contributed by atoms with Gasteiger partial charge in [-0.2, -0.15) is 0 Å². The van der Waals surface area contributed by atoms with Crippen LogP contribution >= 0.6 is 11.3 Å². The van der Waals surface area contributed by atoms with Crippen LogP contribution < -0.4 is 19.7 Å². The maximum absolute atomic E-state index is 13.7. The van der Waals surface area contributed by atoms with E-state index >= 15 is 0 Å². The summed E-state index contributed by atoms with van der Waals surface area (Å²) < 4.78 is 17.8. The van der Waals surface area contributed by atoms with Crippen molar-refractivity contribution < 1.29 is 23.8 Å². The van der Waals surface area contributed by atoms with E-state index in [1.165, 1.54) is 7.11 Å². The van der Waals surface area contributed by atoms with E-state index in [0.29, 0.717) is 42.6 Å². The molecule has 0 saturated heterocycles. The van der Waals surface area contributed by atoms with Crippen LogP contribution in [0, 0.1) is 0 Å². The quantitative estimate of drug-likeness (QED) is 0.568. The van der Waals surface area contributed by atoms with Gasteiger partial charge >= 0.3 is 0 Å². The number of benzene rings is 1. The smallest absolute Gasteiger partial charge is 0.275 e. The summed E-state index contributed by atoms with van der Waals surface area (Å²) in [6, 6.07) is 9.08. The van der Waals surface area contributed by atoms with Gasteiger partial charge in [-0.1, -0.05) is 0 Å². The Balaban J connectivity index is 1.84. The van der Waals surface area contributed by atoms with E-state index in [4.69, 9.17) is 14.2 Å². The number of nitrogens with one attached hydrogen (secondary N) is 1. The zero-order valence-corrected chi connectivity index (χ0v) is 18.7. The second-order valence-electron chi connectivity index (χ2n) is 7.50. The van der Waals surface area contributed by atoms with E-state index in [1.807, 2.05) is 22.1 Å². The third kappa shape index (κ3) is 3.43. The number of rotatable bonds is 7. The van der Waals surface area contributed by atoms with Crippen LogP contribution in [-0.4, -0.2) is 56.4 Å². The first kappa shape index (κ1) is 21.2. The molecule has 3 aromatic rings. The first-order chi connectivity index (χ1) is 14.9. The molecule has 9 heteroatoms. The molecule has 3 heterocycles. The molecule has 1 atom stereocenters. The molecule has 0 fully saturated rings. The number of nitrogens with zero attached hydrogens (tertiary/aromatic N) is 2. The number of amides is 2. The normalized spacial score (nSPS) is 18.2. The van der Waals surface area contributed by atoms with Gasteiger partial charge in [-0.15, -0.1) is 11.3 Å². The minimum Gasteiger partial charge on any atom is -0.493 e. The summed E-state index contributed by atoms with van der Waals surface area (Å²) in [4.78, 5) is 29.6. The molecule has 0 spiro atoms. The van der Waals surface area contributed by atoms with E-state index < -0.39 is 5.54 Å². The summed E-state index contributed by atoms with van der Waals surface area (Å²) in [6.45, 7) is 2.85. The Kier molecular flexibility index (Phi) is 5.63. The van der Waals surface area contributed by atoms with Crippen molar-refractivity contribution in [3.05, 3.63) is 41.4 Å². The fourth-order valence-electron chi connectivity index (χ4n) is 4.02. The molecule has 2 amide bonds. The average molecular weight is 444 g/mol. The fraction of sp³-hybridized carbons (Fsp3) is 0.364. The number of carbonyl (C=O) groups is 2. The number of methoxy groups -OCH3 is 3. The lowest BCUT2D eigenvalue weighted by atomic mass is 9.93. The van der Waals surface area contributed by atoms with Crippen molar-refractivity contribution in [3.8, 4) is 11.5 Å². The average Bonchev–Trinajstić information content (AvgIpc) is 3.36. The van der Waals surface area contributed by atoms with Gasteiger partial charge in [0.2, 0.25) is 5.91 Å². The summed E-state index contributed by atoms with van der Waals surface area (Å²) in [5, 5.41) is 5.88. The van der Waals surface area contributed by atoms with Gasteiger partial charge in [0.25, 0.3) is 5.91 Å². The van der Waals surface area contributed by atoms with Crippen molar-refractivity contribution in [1.29, 1.82) is 0 Å². The van der Waals surface area contributed by atoms with Crippen molar-refractivity contribution in [2.24, 2.45) is 0 Å². The number of aromatic nitrogens is 1. The molecular weight excluding hydrogens is 418 g/mol. The van der Waals surface area contributed by atoms with Crippen molar-refractivity contribution in [1.82, 2.24) is 9.88 Å². The van der Waals surface area contributed by atoms with E-state index in [0.717, 1.165) is 10.2 Å². The number of ether oxygens (including phenoxy) is 3. The molecule has 0 bridgehead atoms. The van der Waals surface area contributed by atoms with Crippen LogP contribution in [0.5, 0.6) is 11.5 Å². The molecule has 31 heavy (non-hydrogen) atoms. The van der Waals surface area contributed by atoms with Gasteiger partial charge in [0, 0.05) is 30.8 Å². The Hall–Kier alpha value is -3.04. The van der Waals surface area contributed by atoms with Gasteiger partial charge in [0.05, 0.1) is 27.4 Å². The molecule has 0 aliphatic carbocycles. The zero-order chi connectivity index (χ0) is 22.2. The fourth-order valence-corrected chi connectivity index (χ4v) is 4.92. The van der Waals surface area contributed by atoms with Crippen LogP contribution in [0.4, 0.5) is 5.69 Å². The molecule has 8 nitrogen and oxygen atoms in total. The van der Waals surface area contributed by atoms with Crippen molar-refractivity contribution in [2.45, 2.75) is 19.0 Å². The van der Waals surface area contributed by atoms with Crippen LogP contribution in [0.1, 0.15) is 17.4 Å². The Labute approximate surface area is 184 Å². The minimum absolute atomic E-state index is 0.244. The van der Waals surface area contributed by atoms with Crippen LogP contribution in [-0.2, 0) is 16.1 Å². The lowest BCUT2D eigenvalue weighted by Gasteiger charge is -2.44. The van der Waals surface area contributed by atoms with Gasteiger partial charge in [-0.3, -0.25) is 14.5 Å². The SMILES string of the molecule is COCCNC(=O)C1(C)Cn2c(cc3ccsc32)C(=O)N1c1ccc(OC)c(OC)c1. The maximum Gasteiger partial charge on any atom is 0.275 e. The number of anilines is 1. The Morgan fingerprint density at radius 3 is 2.65 bits per heavy atom. The Bertz CT molecular complexity index is 1140. The van der Waals surface area contributed by atoms with Crippen molar-refractivity contribution in [2.75, 3.05) is 39.4 Å². The molecule has 1 N–H and O–H groups in total. The highest BCUT2D eigenvalue weighted by atomic mass is 32.1. The third-order valence-corrected chi connectivity index (χ3v) is 6.54. The van der Waals surface area contributed by atoms with Crippen molar-refractivity contribution >= 4 is 39.1 Å². The molecule has 1 unspecified atom stereocenters. The highest BCUT2D eigenvalue weighted by Gasteiger charge is 2.48. The largest absolute Gasteiger partial charge is 0.493 e. The summed E-state index contributed by atoms with van der Waals surface area (Å²) in [5.74, 6) is 0.533. The van der Waals surface area contributed by atoms with Crippen LogP contribution in [0.2, 0.25) is 0 Å². The predicted octanol–water partition coefficient (Wildman–Crippen LogP) is 2.90. The first-order valence-electron chi connectivity index (χ1n) is 9.85. The minimum atomic E-state index is -1.16. The topological polar surface area (TPSA) is 82.0 Å². The van der Waals surface area contributed by atoms with Gasteiger partial charge in [-0.05, 0) is 36.6 Å². The number of hydrogen-bond donors (Lipinski definition) is 1. The van der Waals surface area contributed by atoms with Gasteiger partial charge in [-0.25, -0.2) is 0 Å². The number of fused-ring (bicyclic) bond motifs is 3. The molecule has 1 aromatic carbocycles. The molecular formula is C22H25N3O5S. The molecule has 4 rings (SSSR count). The highest BCUT2D eigenvalue weighted by Crippen LogP contribution is 2.40. The molecule has 1 aliphatic heterocycles. The third-order valence-electron chi connectivity index (χ3n) is 5.59. The maximum atomic E-state index is 13.7. The molecule has 0 radical (unpaired) electrons. The van der Waals surface area contributed by atoms with Crippen LogP contribution in [0.3, 0.4) is 0 Å². The van der Waals surface area contributed by atoms with Gasteiger partial charge in [0.1, 0.15) is 16.1 Å². The summed E-state index contributed by atoms with van der Waals surface area (Å²) in [7, 11) is 4.67. The second-order valence-corrected chi connectivity index (χ2v) is 8.39. The summed E-state index contributed by atoms with van der Waals surface area (Å²) in [6.07, 6.45) is 0. The Morgan fingerprint density at radius 2 is 1.94 bits per heavy atom. The van der Waals surface area contributed by atoms with E-state index in [2.05, 4.69) is 5.32 Å². The molecule has 0 saturated carbocycles. The van der Waals surface area contributed by atoms with E-state index in [1.54, 1.807) is 55.6 Å². The predicted molar refractivity (Wildman–Crippen MR) is 119 cm³/mol. The standard InChI is InChI=1S/C22H25N3O5S/c1-22(21(27)23-8-9-28-2)13-24-16(11-14-7-10-31-20(14)24)19(26)25(22)15-5-6-17(29-3)18(12-15)30-4/h5-7,10-12H,8-9,13H2,1-4H3,(H,23,27). The molecule has 1 aliphatic rings. The highest BCUT2D eigenvalue weighted by molar-refractivity contribution is 7.16. The number of hydrogen-bond acceptors (Lipinski definition) is 6. The van der Waals surface area contributed by atoms with Crippen LogP contribution in [0.15, 0.2) is 35.7 Å². The van der Waals surface area contributed by atoms with E-state index in [9.17, 15) is 9.59 Å². The first-order valence-corrected chi connectivity index (χ1v) is 10.7.